The van der Waals surface area contributed by atoms with Crippen molar-refractivity contribution in [2.24, 2.45) is 7.05 Å². The standard InChI is InChI=1S/C10H17F2N3/c1-6(14-7(2)10(11)12)9-5-13-15(4)8(9)3/h5-7,10,14H,1-4H3. The summed E-state index contributed by atoms with van der Waals surface area (Å²) in [5, 5.41) is 6.92. The minimum Gasteiger partial charge on any atom is -0.302 e. The Hall–Kier alpha value is -0.970. The molecule has 2 atom stereocenters. The van der Waals surface area contributed by atoms with E-state index in [0.717, 1.165) is 11.3 Å². The van der Waals surface area contributed by atoms with Gasteiger partial charge in [-0.2, -0.15) is 5.10 Å². The van der Waals surface area contributed by atoms with Crippen LogP contribution in [0.3, 0.4) is 0 Å². The smallest absolute Gasteiger partial charge is 0.253 e. The molecule has 1 aromatic heterocycles. The predicted molar refractivity (Wildman–Crippen MR) is 55.0 cm³/mol. The quantitative estimate of drug-likeness (QED) is 0.836. The van der Waals surface area contributed by atoms with Crippen molar-refractivity contribution < 1.29 is 8.78 Å². The fraction of sp³-hybridized carbons (Fsp3) is 0.700. The second kappa shape index (κ2) is 4.70. The van der Waals surface area contributed by atoms with E-state index in [2.05, 4.69) is 10.4 Å². The Balaban J connectivity index is 2.69. The zero-order valence-corrected chi connectivity index (χ0v) is 9.46. The van der Waals surface area contributed by atoms with Gasteiger partial charge >= 0.3 is 0 Å². The molecule has 0 saturated heterocycles. The summed E-state index contributed by atoms with van der Waals surface area (Å²) >= 11 is 0. The molecule has 0 radical (unpaired) electrons. The van der Waals surface area contributed by atoms with Crippen molar-refractivity contribution in [2.75, 3.05) is 0 Å². The lowest BCUT2D eigenvalue weighted by Gasteiger charge is -2.19. The van der Waals surface area contributed by atoms with Crippen LogP contribution in [0.5, 0.6) is 0 Å². The van der Waals surface area contributed by atoms with E-state index >= 15 is 0 Å². The average molecular weight is 217 g/mol. The van der Waals surface area contributed by atoms with Crippen LogP contribution in [0, 0.1) is 6.92 Å². The minimum absolute atomic E-state index is 0.109. The van der Waals surface area contributed by atoms with Crippen LogP contribution in [-0.2, 0) is 7.05 Å². The number of nitrogens with one attached hydrogen (secondary N) is 1. The summed E-state index contributed by atoms with van der Waals surface area (Å²) in [7, 11) is 1.84. The third-order valence-electron chi connectivity index (χ3n) is 2.63. The maximum atomic E-state index is 12.3. The number of aromatic nitrogens is 2. The highest BCUT2D eigenvalue weighted by molar-refractivity contribution is 5.19. The van der Waals surface area contributed by atoms with E-state index in [-0.39, 0.29) is 6.04 Å². The SMILES string of the molecule is Cc1c(C(C)NC(C)C(F)F)cnn1C. The topological polar surface area (TPSA) is 29.9 Å². The molecule has 86 valence electrons. The van der Waals surface area contributed by atoms with Gasteiger partial charge in [-0.3, -0.25) is 4.68 Å². The molecular weight excluding hydrogens is 200 g/mol. The number of nitrogens with zero attached hydrogens (tertiary/aromatic N) is 2. The molecule has 5 heteroatoms. The van der Waals surface area contributed by atoms with Gasteiger partial charge in [-0.25, -0.2) is 8.78 Å². The highest BCUT2D eigenvalue weighted by Crippen LogP contribution is 2.17. The number of rotatable bonds is 4. The van der Waals surface area contributed by atoms with E-state index in [9.17, 15) is 8.78 Å². The first-order valence-corrected chi connectivity index (χ1v) is 4.96. The second-order valence-electron chi connectivity index (χ2n) is 3.82. The van der Waals surface area contributed by atoms with Gasteiger partial charge in [0.1, 0.15) is 0 Å². The molecule has 1 aromatic rings. The highest BCUT2D eigenvalue weighted by atomic mass is 19.3. The third-order valence-corrected chi connectivity index (χ3v) is 2.63. The van der Waals surface area contributed by atoms with E-state index in [0.29, 0.717) is 0 Å². The monoisotopic (exact) mass is 217 g/mol. The van der Waals surface area contributed by atoms with Gasteiger partial charge in [0.05, 0.1) is 12.2 Å². The summed E-state index contributed by atoms with van der Waals surface area (Å²) in [6, 6.07) is -0.915. The number of halogens is 2. The second-order valence-corrected chi connectivity index (χ2v) is 3.82. The fourth-order valence-electron chi connectivity index (χ4n) is 1.50. The molecule has 1 rings (SSSR count). The van der Waals surface area contributed by atoms with Gasteiger partial charge < -0.3 is 5.32 Å². The highest BCUT2D eigenvalue weighted by Gasteiger charge is 2.19. The normalized spacial score (nSPS) is 15.7. The molecule has 0 saturated carbocycles. The van der Waals surface area contributed by atoms with E-state index in [1.165, 1.54) is 6.92 Å². The number of aryl methyl sites for hydroxylation is 1. The van der Waals surface area contributed by atoms with Crippen molar-refractivity contribution in [2.45, 2.75) is 39.3 Å². The van der Waals surface area contributed by atoms with Gasteiger partial charge in [0.2, 0.25) is 0 Å². The summed E-state index contributed by atoms with van der Waals surface area (Å²) in [6.45, 7) is 5.27. The van der Waals surface area contributed by atoms with Crippen LogP contribution >= 0.6 is 0 Å². The summed E-state index contributed by atoms with van der Waals surface area (Å²) in [5.74, 6) is 0. The van der Waals surface area contributed by atoms with Crippen molar-refractivity contribution in [3.8, 4) is 0 Å². The molecule has 0 aliphatic carbocycles. The van der Waals surface area contributed by atoms with Crippen molar-refractivity contribution in [1.82, 2.24) is 15.1 Å². The number of alkyl halides is 2. The van der Waals surface area contributed by atoms with Gasteiger partial charge in [0.25, 0.3) is 6.43 Å². The first-order valence-electron chi connectivity index (χ1n) is 4.96. The van der Waals surface area contributed by atoms with E-state index in [4.69, 9.17) is 0 Å². The van der Waals surface area contributed by atoms with Crippen LogP contribution in [0.15, 0.2) is 6.20 Å². The van der Waals surface area contributed by atoms with Crippen LogP contribution in [0.1, 0.15) is 31.1 Å². The zero-order chi connectivity index (χ0) is 11.6. The lowest BCUT2D eigenvalue weighted by molar-refractivity contribution is 0.101. The van der Waals surface area contributed by atoms with Gasteiger partial charge in [-0.15, -0.1) is 0 Å². The maximum absolute atomic E-state index is 12.3. The molecule has 0 fully saturated rings. The lowest BCUT2D eigenvalue weighted by Crippen LogP contribution is -2.34. The summed E-state index contributed by atoms with van der Waals surface area (Å²) < 4.78 is 26.4. The molecular formula is C10H17F2N3. The first kappa shape index (κ1) is 12.1. The number of hydrogen-bond acceptors (Lipinski definition) is 2. The van der Waals surface area contributed by atoms with Gasteiger partial charge in [-0.1, -0.05) is 0 Å². The Morgan fingerprint density at radius 2 is 2.00 bits per heavy atom. The summed E-state index contributed by atoms with van der Waals surface area (Å²) in [4.78, 5) is 0. The molecule has 0 aromatic carbocycles. The minimum atomic E-state index is -2.34. The van der Waals surface area contributed by atoms with Gasteiger partial charge in [0, 0.05) is 24.3 Å². The van der Waals surface area contributed by atoms with Crippen LogP contribution in [0.25, 0.3) is 0 Å². The molecule has 2 unspecified atom stereocenters. The molecule has 0 spiro atoms. The van der Waals surface area contributed by atoms with Gasteiger partial charge in [0.15, 0.2) is 0 Å². The third kappa shape index (κ3) is 2.75. The van der Waals surface area contributed by atoms with Crippen LogP contribution in [0.4, 0.5) is 8.78 Å². The van der Waals surface area contributed by atoms with E-state index in [1.54, 1.807) is 10.9 Å². The van der Waals surface area contributed by atoms with Crippen LogP contribution < -0.4 is 5.32 Å². The van der Waals surface area contributed by atoms with Crippen molar-refractivity contribution in [3.05, 3.63) is 17.5 Å². The molecule has 0 amide bonds. The van der Waals surface area contributed by atoms with Crippen molar-refractivity contribution in [1.29, 1.82) is 0 Å². The van der Waals surface area contributed by atoms with Crippen molar-refractivity contribution >= 4 is 0 Å². The summed E-state index contributed by atoms with van der Waals surface area (Å²) in [6.07, 6.45) is -0.630. The molecule has 1 heterocycles. The molecule has 0 bridgehead atoms. The zero-order valence-electron chi connectivity index (χ0n) is 9.46. The Kier molecular flexibility index (Phi) is 3.79. The molecule has 0 aliphatic heterocycles. The first-order chi connectivity index (χ1) is 6.93. The van der Waals surface area contributed by atoms with Gasteiger partial charge in [-0.05, 0) is 20.8 Å². The summed E-state index contributed by atoms with van der Waals surface area (Å²) in [5.41, 5.74) is 1.96. The van der Waals surface area contributed by atoms with Crippen molar-refractivity contribution in [3.63, 3.8) is 0 Å². The van der Waals surface area contributed by atoms with Crippen LogP contribution in [-0.4, -0.2) is 22.2 Å². The maximum Gasteiger partial charge on any atom is 0.253 e. The fourth-order valence-corrected chi connectivity index (χ4v) is 1.50. The largest absolute Gasteiger partial charge is 0.302 e. The number of hydrogen-bond donors (Lipinski definition) is 1. The molecule has 3 nitrogen and oxygen atoms in total. The van der Waals surface area contributed by atoms with Crippen LogP contribution in [0.2, 0.25) is 0 Å². The predicted octanol–water partition coefficient (Wildman–Crippen LogP) is 2.03. The van der Waals surface area contributed by atoms with E-state index in [1.807, 2.05) is 20.9 Å². The molecule has 1 N–H and O–H groups in total. The Bertz CT molecular complexity index is 322. The average Bonchev–Trinajstić information content (AvgIpc) is 2.47. The Morgan fingerprint density at radius 3 is 2.40 bits per heavy atom. The molecule has 15 heavy (non-hydrogen) atoms. The van der Waals surface area contributed by atoms with E-state index < -0.39 is 12.5 Å². The Morgan fingerprint density at radius 1 is 1.40 bits per heavy atom. The molecule has 0 aliphatic rings. The lowest BCUT2D eigenvalue weighted by atomic mass is 10.1. The Labute approximate surface area is 88.5 Å².